The van der Waals surface area contributed by atoms with Crippen LogP contribution in [0.4, 0.5) is 5.69 Å². The Hall–Kier alpha value is -2.63. The summed E-state index contributed by atoms with van der Waals surface area (Å²) in [4.78, 5) is 16.9. The molecule has 2 N–H and O–H groups in total. The zero-order valence-corrected chi connectivity index (χ0v) is 18.1. The molecule has 0 bridgehead atoms. The predicted octanol–water partition coefficient (Wildman–Crippen LogP) is 4.55. The van der Waals surface area contributed by atoms with Crippen LogP contribution in [0.25, 0.3) is 10.4 Å². The second-order valence-electron chi connectivity index (χ2n) is 8.33. The van der Waals surface area contributed by atoms with E-state index < -0.39 is 0 Å². The van der Waals surface area contributed by atoms with E-state index in [-0.39, 0.29) is 11.4 Å². The lowest BCUT2D eigenvalue weighted by molar-refractivity contribution is 0.0930. The van der Waals surface area contributed by atoms with E-state index >= 15 is 0 Å². The van der Waals surface area contributed by atoms with Gasteiger partial charge in [0.15, 0.2) is 0 Å². The van der Waals surface area contributed by atoms with Crippen LogP contribution in [0.2, 0.25) is 0 Å². The van der Waals surface area contributed by atoms with Crippen LogP contribution in [0.3, 0.4) is 0 Å². The van der Waals surface area contributed by atoms with Crippen LogP contribution < -0.4 is 15.5 Å². The molecule has 154 valence electrons. The lowest BCUT2D eigenvalue weighted by Gasteiger charge is -2.30. The Labute approximate surface area is 181 Å². The van der Waals surface area contributed by atoms with Crippen LogP contribution in [-0.2, 0) is 5.54 Å². The first-order valence-corrected chi connectivity index (χ1v) is 11.6. The fraction of sp³-hybridized carbons (Fsp3) is 0.320. The Morgan fingerprint density at radius 3 is 2.63 bits per heavy atom. The van der Waals surface area contributed by atoms with Crippen molar-refractivity contribution in [3.05, 3.63) is 76.7 Å². The van der Waals surface area contributed by atoms with Gasteiger partial charge in [0, 0.05) is 42.3 Å². The quantitative estimate of drug-likeness (QED) is 0.640. The number of benzene rings is 2. The van der Waals surface area contributed by atoms with Gasteiger partial charge in [-0.1, -0.05) is 30.3 Å². The van der Waals surface area contributed by atoms with Crippen molar-refractivity contribution in [3.8, 4) is 10.4 Å². The van der Waals surface area contributed by atoms with Gasteiger partial charge in [0.2, 0.25) is 0 Å². The number of nitrogens with one attached hydrogen (secondary N) is 2. The second-order valence-corrected chi connectivity index (χ2v) is 9.28. The van der Waals surface area contributed by atoms with Gasteiger partial charge in [0.05, 0.1) is 5.54 Å². The topological polar surface area (TPSA) is 44.4 Å². The van der Waals surface area contributed by atoms with E-state index in [9.17, 15) is 4.79 Å². The maximum Gasteiger partial charge on any atom is 0.252 e. The number of rotatable bonds is 5. The van der Waals surface area contributed by atoms with Gasteiger partial charge in [0.1, 0.15) is 0 Å². The van der Waals surface area contributed by atoms with E-state index in [4.69, 9.17) is 0 Å². The molecule has 1 saturated carbocycles. The van der Waals surface area contributed by atoms with Gasteiger partial charge < -0.3 is 15.5 Å². The van der Waals surface area contributed by atoms with E-state index in [1.54, 1.807) is 11.3 Å². The minimum absolute atomic E-state index is 0.0310. The number of nitrogens with zero attached hydrogens (tertiary/aromatic N) is 1. The molecule has 0 unspecified atom stereocenters. The molecule has 2 aliphatic rings. The van der Waals surface area contributed by atoms with E-state index in [2.05, 4.69) is 75.5 Å². The van der Waals surface area contributed by atoms with Crippen molar-refractivity contribution >= 4 is 22.9 Å². The maximum atomic E-state index is 13.3. The van der Waals surface area contributed by atoms with E-state index in [0.29, 0.717) is 0 Å². The normalized spacial score (nSPS) is 17.6. The third kappa shape index (κ3) is 3.75. The van der Waals surface area contributed by atoms with Crippen LogP contribution in [-0.4, -0.2) is 32.1 Å². The zero-order valence-electron chi connectivity index (χ0n) is 17.3. The molecule has 2 heterocycles. The highest BCUT2D eigenvalue weighted by Gasteiger charge is 2.46. The van der Waals surface area contributed by atoms with Crippen molar-refractivity contribution < 1.29 is 4.79 Å². The zero-order chi connectivity index (χ0) is 20.6. The van der Waals surface area contributed by atoms with Crippen molar-refractivity contribution in [2.75, 3.05) is 31.1 Å². The van der Waals surface area contributed by atoms with Crippen LogP contribution >= 0.6 is 11.3 Å². The number of carbonyl (C=O) groups excluding carboxylic acids is 1. The maximum absolute atomic E-state index is 13.3. The number of amides is 1. The van der Waals surface area contributed by atoms with Gasteiger partial charge in [-0.2, -0.15) is 0 Å². The van der Waals surface area contributed by atoms with Crippen molar-refractivity contribution in [3.63, 3.8) is 0 Å². The molecule has 5 rings (SSSR count). The first-order valence-electron chi connectivity index (χ1n) is 10.7. The summed E-state index contributed by atoms with van der Waals surface area (Å²) >= 11 is 1.75. The number of hydrogen-bond donors (Lipinski definition) is 2. The highest BCUT2D eigenvalue weighted by Crippen LogP contribution is 2.46. The Kier molecular flexibility index (Phi) is 5.09. The van der Waals surface area contributed by atoms with Crippen molar-refractivity contribution in [1.82, 2.24) is 10.6 Å². The molecule has 2 fully saturated rings. The van der Waals surface area contributed by atoms with Crippen molar-refractivity contribution in [2.45, 2.75) is 25.3 Å². The van der Waals surface area contributed by atoms with Gasteiger partial charge >= 0.3 is 0 Å². The Bertz CT molecular complexity index is 1050. The van der Waals surface area contributed by atoms with Crippen molar-refractivity contribution in [1.29, 1.82) is 0 Å². The largest absolute Gasteiger partial charge is 0.369 e. The molecule has 0 atom stereocenters. The number of piperazine rings is 1. The highest BCUT2D eigenvalue weighted by atomic mass is 32.1. The fourth-order valence-corrected chi connectivity index (χ4v) is 5.01. The van der Waals surface area contributed by atoms with Gasteiger partial charge in [0.25, 0.3) is 5.91 Å². The molecule has 1 aromatic heterocycles. The van der Waals surface area contributed by atoms with Crippen LogP contribution in [0.15, 0.2) is 60.0 Å². The van der Waals surface area contributed by atoms with Gasteiger partial charge in [-0.25, -0.2) is 0 Å². The second kappa shape index (κ2) is 7.89. The molecule has 0 radical (unpaired) electrons. The van der Waals surface area contributed by atoms with Gasteiger partial charge in [-0.15, -0.1) is 11.3 Å². The molecule has 1 aliphatic carbocycles. The molecular weight excluding hydrogens is 390 g/mol. The van der Waals surface area contributed by atoms with E-state index in [0.717, 1.165) is 55.8 Å². The number of hydrogen-bond acceptors (Lipinski definition) is 4. The summed E-state index contributed by atoms with van der Waals surface area (Å²) < 4.78 is 0. The summed E-state index contributed by atoms with van der Waals surface area (Å²) in [5.41, 5.74) is 5.14. The van der Waals surface area contributed by atoms with Gasteiger partial charge in [-0.3, -0.25) is 4.79 Å². The molecule has 0 spiro atoms. The summed E-state index contributed by atoms with van der Waals surface area (Å²) in [6.07, 6.45) is 1.98. The lowest BCUT2D eigenvalue weighted by atomic mass is 10.00. The van der Waals surface area contributed by atoms with Crippen LogP contribution in [0, 0.1) is 6.92 Å². The molecule has 1 saturated heterocycles. The van der Waals surface area contributed by atoms with Crippen molar-refractivity contribution in [2.24, 2.45) is 0 Å². The van der Waals surface area contributed by atoms with E-state index in [1.807, 2.05) is 6.92 Å². The SMILES string of the molecule is Cc1ccc(N2CCNCC2)cc1C(=O)NC1(c2cccc(-c3cccs3)c2)CC1. The number of anilines is 1. The highest BCUT2D eigenvalue weighted by molar-refractivity contribution is 7.13. The minimum atomic E-state index is -0.234. The summed E-state index contributed by atoms with van der Waals surface area (Å²) in [5.74, 6) is 0.0310. The molecule has 30 heavy (non-hydrogen) atoms. The molecule has 2 aromatic carbocycles. The third-order valence-corrected chi connectivity index (χ3v) is 7.19. The first-order chi connectivity index (χ1) is 14.6. The summed E-state index contributed by atoms with van der Waals surface area (Å²) in [6, 6.07) is 19.1. The van der Waals surface area contributed by atoms with E-state index in [1.165, 1.54) is 16.0 Å². The molecule has 1 aliphatic heterocycles. The standard InChI is InChI=1S/C25H27N3OS/c1-18-7-8-21(28-13-11-26-12-14-28)17-22(18)24(29)27-25(9-10-25)20-5-2-4-19(16-20)23-6-3-15-30-23/h2-8,15-17,26H,9-14H2,1H3,(H,27,29). The lowest BCUT2D eigenvalue weighted by Crippen LogP contribution is -2.43. The predicted molar refractivity (Wildman–Crippen MR) is 124 cm³/mol. The van der Waals surface area contributed by atoms with Gasteiger partial charge in [-0.05, 0) is 66.1 Å². The van der Waals surface area contributed by atoms with Crippen LogP contribution in [0.5, 0.6) is 0 Å². The monoisotopic (exact) mass is 417 g/mol. The average Bonchev–Trinajstić information content (AvgIpc) is 3.35. The summed E-state index contributed by atoms with van der Waals surface area (Å²) in [7, 11) is 0. The third-order valence-electron chi connectivity index (χ3n) is 6.27. The first kappa shape index (κ1) is 19.3. The Morgan fingerprint density at radius 2 is 1.90 bits per heavy atom. The average molecular weight is 418 g/mol. The molecule has 5 heteroatoms. The molecule has 3 aromatic rings. The number of thiophene rings is 1. The van der Waals surface area contributed by atoms with Crippen LogP contribution in [0.1, 0.15) is 34.3 Å². The summed E-state index contributed by atoms with van der Waals surface area (Å²) in [5, 5.41) is 8.86. The Balaban J connectivity index is 1.38. The fourth-order valence-electron chi connectivity index (χ4n) is 4.28. The molecular formula is C25H27N3OS. The Morgan fingerprint density at radius 1 is 1.07 bits per heavy atom. The minimum Gasteiger partial charge on any atom is -0.369 e. The number of carbonyl (C=O) groups is 1. The molecule has 4 nitrogen and oxygen atoms in total. The summed E-state index contributed by atoms with van der Waals surface area (Å²) in [6.45, 7) is 5.94. The number of aryl methyl sites for hydroxylation is 1. The smallest absolute Gasteiger partial charge is 0.252 e. The molecule has 1 amide bonds.